The summed E-state index contributed by atoms with van der Waals surface area (Å²) in [6.07, 6.45) is 0. The van der Waals surface area contributed by atoms with Crippen molar-refractivity contribution in [1.82, 2.24) is 4.98 Å². The molecule has 25 heavy (non-hydrogen) atoms. The van der Waals surface area contributed by atoms with E-state index in [1.807, 2.05) is 19.1 Å². The molecule has 6 nitrogen and oxygen atoms in total. The number of benzene rings is 2. The second-order valence-corrected chi connectivity index (χ2v) is 5.51. The van der Waals surface area contributed by atoms with Crippen LogP contribution in [-0.4, -0.2) is 30.3 Å². The molecule has 2 N–H and O–H groups in total. The van der Waals surface area contributed by atoms with Gasteiger partial charge in [0.05, 0.1) is 31.2 Å². The molecular weight excluding hydrogens is 320 g/mol. The number of nitrogens with zero attached hydrogens (tertiary/aromatic N) is 1. The fourth-order valence-electron chi connectivity index (χ4n) is 2.70. The highest BCUT2D eigenvalue weighted by Gasteiger charge is 2.14. The average molecular weight is 338 g/mol. The van der Waals surface area contributed by atoms with Gasteiger partial charge >= 0.3 is 5.97 Å². The number of aromatic nitrogens is 1. The molecule has 2 aromatic carbocycles. The monoisotopic (exact) mass is 338 g/mol. The van der Waals surface area contributed by atoms with Crippen LogP contribution >= 0.6 is 0 Å². The van der Waals surface area contributed by atoms with Crippen LogP contribution in [0.25, 0.3) is 10.9 Å². The number of methoxy groups -OCH3 is 2. The molecule has 6 heteroatoms. The number of ether oxygens (including phenoxy) is 2. The van der Waals surface area contributed by atoms with E-state index in [1.165, 1.54) is 0 Å². The molecule has 0 unspecified atom stereocenters. The van der Waals surface area contributed by atoms with Crippen molar-refractivity contribution in [3.63, 3.8) is 0 Å². The number of para-hydroxylation sites is 1. The van der Waals surface area contributed by atoms with E-state index in [-0.39, 0.29) is 5.56 Å². The maximum atomic E-state index is 11.5. The van der Waals surface area contributed by atoms with Gasteiger partial charge in [-0.15, -0.1) is 0 Å². The Balaban J connectivity index is 2.21. The fraction of sp³-hybridized carbons (Fsp3) is 0.158. The number of aryl methyl sites for hydroxylation is 1. The lowest BCUT2D eigenvalue weighted by Crippen LogP contribution is -2.03. The molecule has 1 aromatic heterocycles. The molecule has 0 fully saturated rings. The molecule has 0 aliphatic heterocycles. The number of carbonyl (C=O) groups is 1. The minimum absolute atomic E-state index is 0.194. The van der Waals surface area contributed by atoms with Crippen LogP contribution in [0.15, 0.2) is 42.5 Å². The van der Waals surface area contributed by atoms with Crippen LogP contribution in [0.5, 0.6) is 11.5 Å². The Kier molecular flexibility index (Phi) is 4.43. The first-order chi connectivity index (χ1) is 12.0. The van der Waals surface area contributed by atoms with Crippen LogP contribution in [0, 0.1) is 6.92 Å². The largest absolute Gasteiger partial charge is 0.497 e. The number of fused-ring (bicyclic) bond motifs is 1. The van der Waals surface area contributed by atoms with Crippen LogP contribution < -0.4 is 14.8 Å². The Morgan fingerprint density at radius 1 is 1.08 bits per heavy atom. The lowest BCUT2D eigenvalue weighted by molar-refractivity contribution is 0.0698. The Morgan fingerprint density at radius 3 is 2.52 bits per heavy atom. The highest BCUT2D eigenvalue weighted by Crippen LogP contribution is 2.36. The van der Waals surface area contributed by atoms with Gasteiger partial charge in [-0.3, -0.25) is 0 Å². The average Bonchev–Trinajstić information content (AvgIpc) is 2.61. The highest BCUT2D eigenvalue weighted by molar-refractivity contribution is 6.00. The Bertz CT molecular complexity index is 954. The number of nitrogens with one attached hydrogen (secondary N) is 1. The molecule has 0 saturated carbocycles. The number of hydrogen-bond donors (Lipinski definition) is 2. The zero-order valence-electron chi connectivity index (χ0n) is 14.2. The number of hydrogen-bond acceptors (Lipinski definition) is 5. The Hall–Kier alpha value is -3.28. The molecular formula is C19H18N2O4. The van der Waals surface area contributed by atoms with E-state index < -0.39 is 5.97 Å². The van der Waals surface area contributed by atoms with Crippen molar-refractivity contribution in [2.75, 3.05) is 19.5 Å². The molecule has 0 radical (unpaired) electrons. The van der Waals surface area contributed by atoms with Crippen molar-refractivity contribution in [3.8, 4) is 11.5 Å². The highest BCUT2D eigenvalue weighted by atomic mass is 16.5. The molecule has 0 atom stereocenters. The minimum atomic E-state index is -0.992. The van der Waals surface area contributed by atoms with Crippen LogP contribution in [0.1, 0.15) is 16.1 Å². The van der Waals surface area contributed by atoms with Crippen LogP contribution in [0.2, 0.25) is 0 Å². The first-order valence-corrected chi connectivity index (χ1v) is 7.66. The second-order valence-electron chi connectivity index (χ2n) is 5.51. The summed E-state index contributed by atoms with van der Waals surface area (Å²) in [4.78, 5) is 16.0. The minimum Gasteiger partial charge on any atom is -0.497 e. The van der Waals surface area contributed by atoms with Gasteiger partial charge in [0.2, 0.25) is 0 Å². The number of anilines is 2. The molecule has 0 aliphatic rings. The molecule has 128 valence electrons. The maximum Gasteiger partial charge on any atom is 0.337 e. The van der Waals surface area contributed by atoms with Crippen molar-refractivity contribution < 1.29 is 19.4 Å². The molecule has 0 amide bonds. The van der Waals surface area contributed by atoms with Crippen LogP contribution in [0.4, 0.5) is 11.4 Å². The zero-order chi connectivity index (χ0) is 18.0. The van der Waals surface area contributed by atoms with Gasteiger partial charge in [0, 0.05) is 17.1 Å². The van der Waals surface area contributed by atoms with Gasteiger partial charge in [-0.25, -0.2) is 9.78 Å². The normalized spacial score (nSPS) is 10.5. The van der Waals surface area contributed by atoms with Crippen LogP contribution in [-0.2, 0) is 0 Å². The lowest BCUT2D eigenvalue weighted by Gasteiger charge is -2.15. The van der Waals surface area contributed by atoms with E-state index in [0.717, 1.165) is 16.8 Å². The summed E-state index contributed by atoms with van der Waals surface area (Å²) in [6.45, 7) is 1.87. The summed E-state index contributed by atoms with van der Waals surface area (Å²) in [5.74, 6) is 0.227. The molecule has 3 aromatic rings. The predicted molar refractivity (Wildman–Crippen MR) is 96.3 cm³/mol. The smallest absolute Gasteiger partial charge is 0.337 e. The molecule has 1 heterocycles. The second kappa shape index (κ2) is 6.68. The van der Waals surface area contributed by atoms with Gasteiger partial charge < -0.3 is 19.9 Å². The van der Waals surface area contributed by atoms with Gasteiger partial charge in [0.1, 0.15) is 17.0 Å². The lowest BCUT2D eigenvalue weighted by atomic mass is 10.1. The zero-order valence-corrected chi connectivity index (χ0v) is 14.2. The SMILES string of the molecule is COc1cc(OC)c2nc(C)cc(Nc3ccccc3C(=O)O)c2c1. The number of rotatable bonds is 5. The summed E-state index contributed by atoms with van der Waals surface area (Å²) in [6, 6.07) is 12.2. The van der Waals surface area contributed by atoms with Gasteiger partial charge in [0.15, 0.2) is 0 Å². The maximum absolute atomic E-state index is 11.5. The van der Waals surface area contributed by atoms with Crippen molar-refractivity contribution in [2.45, 2.75) is 6.92 Å². The quantitative estimate of drug-likeness (QED) is 0.732. The van der Waals surface area contributed by atoms with Crippen LogP contribution in [0.3, 0.4) is 0 Å². The van der Waals surface area contributed by atoms with E-state index >= 15 is 0 Å². The summed E-state index contributed by atoms with van der Waals surface area (Å²) in [5.41, 5.74) is 2.89. The van der Waals surface area contributed by atoms with Gasteiger partial charge in [-0.05, 0) is 31.2 Å². The van der Waals surface area contributed by atoms with E-state index in [0.29, 0.717) is 22.7 Å². The molecule has 0 spiro atoms. The third-order valence-electron chi connectivity index (χ3n) is 3.86. The van der Waals surface area contributed by atoms with Crippen molar-refractivity contribution in [1.29, 1.82) is 0 Å². The van der Waals surface area contributed by atoms with Crippen molar-refractivity contribution in [3.05, 3.63) is 53.7 Å². The van der Waals surface area contributed by atoms with E-state index in [2.05, 4.69) is 10.3 Å². The number of pyridine rings is 1. The van der Waals surface area contributed by atoms with Crippen molar-refractivity contribution >= 4 is 28.2 Å². The third-order valence-corrected chi connectivity index (χ3v) is 3.86. The van der Waals surface area contributed by atoms with E-state index in [1.54, 1.807) is 44.6 Å². The first kappa shape index (κ1) is 16.6. The van der Waals surface area contributed by atoms with Gasteiger partial charge in [0.25, 0.3) is 0 Å². The molecule has 0 saturated heterocycles. The number of carboxylic acid groups (broad SMARTS) is 1. The molecule has 0 aliphatic carbocycles. The third kappa shape index (κ3) is 3.19. The molecule has 3 rings (SSSR count). The topological polar surface area (TPSA) is 80.7 Å². The molecule has 0 bridgehead atoms. The summed E-state index contributed by atoms with van der Waals surface area (Å²) >= 11 is 0. The first-order valence-electron chi connectivity index (χ1n) is 7.66. The van der Waals surface area contributed by atoms with Gasteiger partial charge in [-0.1, -0.05) is 12.1 Å². The summed E-state index contributed by atoms with van der Waals surface area (Å²) in [5, 5.41) is 13.4. The number of aromatic carboxylic acids is 1. The van der Waals surface area contributed by atoms with Gasteiger partial charge in [-0.2, -0.15) is 0 Å². The predicted octanol–water partition coefficient (Wildman–Crippen LogP) is 4.00. The number of carboxylic acids is 1. The summed E-state index contributed by atoms with van der Waals surface area (Å²) < 4.78 is 10.8. The van der Waals surface area contributed by atoms with E-state index in [4.69, 9.17) is 9.47 Å². The van der Waals surface area contributed by atoms with Crippen molar-refractivity contribution in [2.24, 2.45) is 0 Å². The summed E-state index contributed by atoms with van der Waals surface area (Å²) in [7, 11) is 3.15. The Morgan fingerprint density at radius 2 is 1.84 bits per heavy atom. The Labute approximate surface area is 145 Å². The fourth-order valence-corrected chi connectivity index (χ4v) is 2.70. The standard InChI is InChI=1S/C19H18N2O4/c1-11-8-16(21-15-7-5-4-6-13(15)19(22)23)14-9-12(24-2)10-17(25-3)18(14)20-11/h4-10H,1-3H3,(H,20,21)(H,22,23). The van der Waals surface area contributed by atoms with E-state index in [9.17, 15) is 9.90 Å².